The Morgan fingerprint density at radius 3 is 2.54 bits per heavy atom. The third-order valence-corrected chi connectivity index (χ3v) is 4.57. The molecule has 3 rings (SSSR count). The Balaban J connectivity index is 1.86. The number of aromatic hydroxyl groups is 1. The van der Waals surface area contributed by atoms with Crippen LogP contribution in [0.15, 0.2) is 47.4 Å². The number of anilines is 1. The minimum absolute atomic E-state index is 0.00661. The molecule has 0 aliphatic carbocycles. The van der Waals surface area contributed by atoms with Gasteiger partial charge in [0.15, 0.2) is 11.5 Å². The molecule has 0 bridgehead atoms. The summed E-state index contributed by atoms with van der Waals surface area (Å²) in [6.45, 7) is 2.42. The second kappa shape index (κ2) is 7.53. The van der Waals surface area contributed by atoms with Crippen molar-refractivity contribution in [3.63, 3.8) is 0 Å². The van der Waals surface area contributed by atoms with Crippen molar-refractivity contribution < 1.29 is 24.2 Å². The maximum absolute atomic E-state index is 12.7. The summed E-state index contributed by atoms with van der Waals surface area (Å²) < 4.78 is 10.4. The van der Waals surface area contributed by atoms with Crippen molar-refractivity contribution in [1.29, 1.82) is 0 Å². The van der Waals surface area contributed by atoms with E-state index in [1.165, 1.54) is 13.2 Å². The van der Waals surface area contributed by atoms with Crippen LogP contribution in [0.4, 0.5) is 10.5 Å². The summed E-state index contributed by atoms with van der Waals surface area (Å²) in [6, 6.07) is 11.5. The van der Waals surface area contributed by atoms with Crippen molar-refractivity contribution in [2.45, 2.75) is 6.92 Å². The molecule has 26 heavy (non-hydrogen) atoms. The topological polar surface area (TPSA) is 76.1 Å². The van der Waals surface area contributed by atoms with Gasteiger partial charge in [-0.1, -0.05) is 6.07 Å². The number of nitrogens with zero attached hydrogens (tertiary/aromatic N) is 1. The average molecular weight is 371 g/mol. The molecule has 0 saturated carbocycles. The molecule has 0 aromatic heterocycles. The first-order valence-electron chi connectivity index (χ1n) is 7.91. The minimum Gasteiger partial charge on any atom is -0.504 e. The number of imide groups is 1. The van der Waals surface area contributed by atoms with Crippen molar-refractivity contribution in [2.75, 3.05) is 18.6 Å². The molecule has 1 fully saturated rings. The zero-order valence-electron chi connectivity index (χ0n) is 14.3. The van der Waals surface area contributed by atoms with Crippen molar-refractivity contribution in [3.8, 4) is 17.2 Å². The first-order valence-corrected chi connectivity index (χ1v) is 8.73. The number of amides is 2. The van der Waals surface area contributed by atoms with Crippen molar-refractivity contribution >= 4 is 34.7 Å². The lowest BCUT2D eigenvalue weighted by atomic mass is 10.2. The second-order valence-corrected chi connectivity index (χ2v) is 6.37. The van der Waals surface area contributed by atoms with Gasteiger partial charge in [-0.2, -0.15) is 0 Å². The lowest BCUT2D eigenvalue weighted by molar-refractivity contribution is -0.113. The van der Waals surface area contributed by atoms with E-state index in [9.17, 15) is 14.7 Å². The highest BCUT2D eigenvalue weighted by Crippen LogP contribution is 2.37. The maximum Gasteiger partial charge on any atom is 0.298 e. The Labute approximate surface area is 155 Å². The third-order valence-electron chi connectivity index (χ3n) is 3.70. The van der Waals surface area contributed by atoms with E-state index in [2.05, 4.69) is 0 Å². The molecule has 1 heterocycles. The Bertz CT molecular complexity index is 876. The van der Waals surface area contributed by atoms with Crippen LogP contribution in [-0.4, -0.2) is 30.0 Å². The highest BCUT2D eigenvalue weighted by Gasteiger charge is 2.36. The molecule has 7 heteroatoms. The summed E-state index contributed by atoms with van der Waals surface area (Å²) in [6.07, 6.45) is 1.60. The summed E-state index contributed by atoms with van der Waals surface area (Å²) in [5.41, 5.74) is 1.14. The van der Waals surface area contributed by atoms with E-state index < -0.39 is 5.91 Å². The number of ether oxygens (including phenoxy) is 2. The summed E-state index contributed by atoms with van der Waals surface area (Å²) in [5.74, 6) is 0.586. The molecule has 2 aromatic carbocycles. The summed E-state index contributed by atoms with van der Waals surface area (Å²) >= 11 is 0.868. The van der Waals surface area contributed by atoms with Gasteiger partial charge in [-0.3, -0.25) is 9.59 Å². The lowest BCUT2D eigenvalue weighted by Crippen LogP contribution is -2.27. The quantitative estimate of drug-likeness (QED) is 0.800. The van der Waals surface area contributed by atoms with Gasteiger partial charge < -0.3 is 14.6 Å². The first kappa shape index (κ1) is 17.9. The molecule has 1 N–H and O–H groups in total. The Kier molecular flexibility index (Phi) is 5.18. The molecule has 6 nitrogen and oxygen atoms in total. The van der Waals surface area contributed by atoms with Crippen molar-refractivity contribution in [1.82, 2.24) is 0 Å². The Hall–Kier alpha value is -2.93. The normalized spacial score (nSPS) is 15.6. The number of hydrogen-bond donors (Lipinski definition) is 1. The van der Waals surface area contributed by atoms with Crippen LogP contribution in [-0.2, 0) is 4.79 Å². The van der Waals surface area contributed by atoms with E-state index in [0.717, 1.165) is 16.7 Å². The number of phenolic OH excluding ortho intramolecular Hbond substituents is 1. The largest absolute Gasteiger partial charge is 0.504 e. The fourth-order valence-electron chi connectivity index (χ4n) is 2.48. The fraction of sp³-hybridized carbons (Fsp3) is 0.158. The number of rotatable bonds is 5. The van der Waals surface area contributed by atoms with E-state index >= 15 is 0 Å². The average Bonchev–Trinajstić information content (AvgIpc) is 2.91. The predicted molar refractivity (Wildman–Crippen MR) is 101 cm³/mol. The molecule has 0 radical (unpaired) electrons. The number of thioether (sulfide) groups is 1. The number of carbonyl (C=O) groups excluding carboxylic acids is 2. The van der Waals surface area contributed by atoms with Crippen LogP contribution >= 0.6 is 11.8 Å². The van der Waals surface area contributed by atoms with Gasteiger partial charge in [0.2, 0.25) is 0 Å². The zero-order chi connectivity index (χ0) is 18.7. The summed E-state index contributed by atoms with van der Waals surface area (Å²) in [5, 5.41) is 9.29. The number of methoxy groups -OCH3 is 1. The predicted octanol–water partition coefficient (Wildman–Crippen LogP) is 4.04. The first-order chi connectivity index (χ1) is 12.5. The highest BCUT2D eigenvalue weighted by molar-refractivity contribution is 8.19. The molecule has 2 amide bonds. The van der Waals surface area contributed by atoms with Crippen LogP contribution in [0.1, 0.15) is 12.5 Å². The minimum atomic E-state index is -0.392. The number of carbonyl (C=O) groups is 2. The molecule has 0 unspecified atom stereocenters. The van der Waals surface area contributed by atoms with E-state index in [4.69, 9.17) is 9.47 Å². The molecular weight excluding hydrogens is 354 g/mol. The Morgan fingerprint density at radius 2 is 1.88 bits per heavy atom. The van der Waals surface area contributed by atoms with Crippen LogP contribution in [0, 0.1) is 0 Å². The lowest BCUT2D eigenvalue weighted by Gasteiger charge is -2.13. The SMILES string of the molecule is CCOc1ccc(N2C(=O)SC(=Cc3ccc(O)c(OC)c3)C2=O)cc1. The monoisotopic (exact) mass is 371 g/mol. The van der Waals surface area contributed by atoms with Gasteiger partial charge in [-0.05, 0) is 66.7 Å². The van der Waals surface area contributed by atoms with Gasteiger partial charge in [-0.25, -0.2) is 4.90 Å². The van der Waals surface area contributed by atoms with Gasteiger partial charge in [0.1, 0.15) is 5.75 Å². The van der Waals surface area contributed by atoms with E-state index in [0.29, 0.717) is 34.3 Å². The van der Waals surface area contributed by atoms with Crippen LogP contribution in [0.25, 0.3) is 6.08 Å². The molecule has 2 aromatic rings. The van der Waals surface area contributed by atoms with Crippen LogP contribution in [0.5, 0.6) is 17.2 Å². The standard InChI is InChI=1S/C19H17NO5S/c1-3-25-14-7-5-13(6-8-14)20-18(22)17(26-19(20)23)11-12-4-9-15(21)16(10-12)24-2/h4-11,21H,3H2,1-2H3. The second-order valence-electron chi connectivity index (χ2n) is 5.38. The van der Waals surface area contributed by atoms with E-state index in [1.807, 2.05) is 6.92 Å². The van der Waals surface area contributed by atoms with E-state index in [1.54, 1.807) is 42.5 Å². The van der Waals surface area contributed by atoms with Gasteiger partial charge in [-0.15, -0.1) is 0 Å². The number of hydrogen-bond acceptors (Lipinski definition) is 6. The van der Waals surface area contributed by atoms with Gasteiger partial charge in [0, 0.05) is 0 Å². The summed E-state index contributed by atoms with van der Waals surface area (Å²) in [7, 11) is 1.44. The van der Waals surface area contributed by atoms with Crippen molar-refractivity contribution in [3.05, 3.63) is 52.9 Å². The summed E-state index contributed by atoms with van der Waals surface area (Å²) in [4.78, 5) is 26.4. The van der Waals surface area contributed by atoms with Gasteiger partial charge >= 0.3 is 0 Å². The molecule has 0 spiro atoms. The molecule has 1 aliphatic rings. The smallest absolute Gasteiger partial charge is 0.298 e. The molecule has 134 valence electrons. The van der Waals surface area contributed by atoms with Gasteiger partial charge in [0.25, 0.3) is 11.1 Å². The molecular formula is C19H17NO5S. The van der Waals surface area contributed by atoms with Crippen LogP contribution < -0.4 is 14.4 Å². The molecule has 1 aliphatic heterocycles. The molecule has 0 atom stereocenters. The van der Waals surface area contributed by atoms with Crippen LogP contribution in [0.3, 0.4) is 0 Å². The van der Waals surface area contributed by atoms with Crippen molar-refractivity contribution in [2.24, 2.45) is 0 Å². The third kappa shape index (κ3) is 3.52. The molecule has 1 saturated heterocycles. The fourth-order valence-corrected chi connectivity index (χ4v) is 3.33. The zero-order valence-corrected chi connectivity index (χ0v) is 15.1. The maximum atomic E-state index is 12.7. The Morgan fingerprint density at radius 1 is 1.15 bits per heavy atom. The van der Waals surface area contributed by atoms with E-state index in [-0.39, 0.29) is 11.0 Å². The van der Waals surface area contributed by atoms with Gasteiger partial charge in [0.05, 0.1) is 24.3 Å². The number of phenols is 1. The van der Waals surface area contributed by atoms with Crippen LogP contribution in [0.2, 0.25) is 0 Å². The highest BCUT2D eigenvalue weighted by atomic mass is 32.2. The number of benzene rings is 2.